The molecule has 14 heavy (non-hydrogen) atoms. The molecule has 72 valence electrons. The number of aldehydes is 1. The number of carbonyl (C=O) groups excluding carboxylic acids is 1. The zero-order valence-electron chi connectivity index (χ0n) is 7.41. The van der Waals surface area contributed by atoms with Crippen LogP contribution in [0.5, 0.6) is 0 Å². The lowest BCUT2D eigenvalue weighted by atomic mass is 10.1. The van der Waals surface area contributed by atoms with Gasteiger partial charge in [-0.05, 0) is 23.8 Å². The van der Waals surface area contributed by atoms with Crippen LogP contribution in [-0.2, 0) is 0 Å². The summed E-state index contributed by atoms with van der Waals surface area (Å²) in [7, 11) is 0. The van der Waals surface area contributed by atoms with Crippen LogP contribution in [-0.4, -0.2) is 12.5 Å². The van der Waals surface area contributed by atoms with Gasteiger partial charge in [0.25, 0.3) is 0 Å². The first-order valence-corrected chi connectivity index (χ1v) is 6.07. The number of benzene rings is 1. The lowest BCUT2D eigenvalue weighted by Crippen LogP contribution is -1.90. The van der Waals surface area contributed by atoms with Gasteiger partial charge >= 0.3 is 0 Å². The van der Waals surface area contributed by atoms with E-state index in [1.54, 1.807) is 18.4 Å². The standard InChI is InChI=1S/C10H7FOS2/c1-13-9-4-8-6(2-3-14-8)7(5-12)10(9)11/h2-5H,1H3. The van der Waals surface area contributed by atoms with Crippen molar-refractivity contribution in [3.63, 3.8) is 0 Å². The predicted molar refractivity (Wildman–Crippen MR) is 59.0 cm³/mol. The molecule has 0 N–H and O–H groups in total. The molecule has 0 atom stereocenters. The topological polar surface area (TPSA) is 17.1 Å². The summed E-state index contributed by atoms with van der Waals surface area (Å²) in [4.78, 5) is 11.3. The van der Waals surface area contributed by atoms with Crippen LogP contribution in [0.3, 0.4) is 0 Å². The largest absolute Gasteiger partial charge is 0.298 e. The van der Waals surface area contributed by atoms with E-state index in [0.29, 0.717) is 16.6 Å². The summed E-state index contributed by atoms with van der Waals surface area (Å²) in [5.74, 6) is -0.404. The van der Waals surface area contributed by atoms with Gasteiger partial charge in [0.05, 0.1) is 5.56 Å². The number of halogens is 1. The van der Waals surface area contributed by atoms with E-state index in [9.17, 15) is 9.18 Å². The van der Waals surface area contributed by atoms with Crippen LogP contribution in [0.4, 0.5) is 4.39 Å². The maximum absolute atomic E-state index is 13.6. The molecule has 0 aliphatic carbocycles. The average Bonchev–Trinajstić information content (AvgIpc) is 2.64. The normalized spacial score (nSPS) is 10.7. The molecule has 1 nitrogen and oxygen atoms in total. The van der Waals surface area contributed by atoms with E-state index in [4.69, 9.17) is 0 Å². The first-order chi connectivity index (χ1) is 6.77. The maximum Gasteiger partial charge on any atom is 0.153 e. The Morgan fingerprint density at radius 3 is 3.00 bits per heavy atom. The Kier molecular flexibility index (Phi) is 2.56. The second-order valence-electron chi connectivity index (χ2n) is 2.76. The van der Waals surface area contributed by atoms with Gasteiger partial charge in [-0.25, -0.2) is 4.39 Å². The van der Waals surface area contributed by atoms with E-state index in [1.807, 2.05) is 5.38 Å². The molecule has 0 saturated carbocycles. The maximum atomic E-state index is 13.6. The second kappa shape index (κ2) is 3.71. The molecule has 0 saturated heterocycles. The highest BCUT2D eigenvalue weighted by Crippen LogP contribution is 2.31. The Morgan fingerprint density at radius 1 is 1.57 bits per heavy atom. The van der Waals surface area contributed by atoms with E-state index < -0.39 is 5.82 Å². The van der Waals surface area contributed by atoms with Gasteiger partial charge in [0.2, 0.25) is 0 Å². The summed E-state index contributed by atoms with van der Waals surface area (Å²) in [6.07, 6.45) is 2.39. The van der Waals surface area contributed by atoms with Crippen molar-refractivity contribution < 1.29 is 9.18 Å². The minimum Gasteiger partial charge on any atom is -0.298 e. The minimum atomic E-state index is -0.404. The van der Waals surface area contributed by atoms with E-state index in [0.717, 1.165) is 4.70 Å². The van der Waals surface area contributed by atoms with E-state index in [1.165, 1.54) is 23.1 Å². The zero-order valence-corrected chi connectivity index (χ0v) is 9.05. The molecule has 1 aromatic heterocycles. The summed E-state index contributed by atoms with van der Waals surface area (Å²) in [6, 6.07) is 3.56. The Balaban J connectivity index is 2.87. The first kappa shape index (κ1) is 9.68. The van der Waals surface area contributed by atoms with Crippen molar-refractivity contribution in [2.24, 2.45) is 0 Å². The molecule has 0 spiro atoms. The molecular formula is C10H7FOS2. The number of hydrogen-bond acceptors (Lipinski definition) is 3. The summed E-state index contributed by atoms with van der Waals surface area (Å²) < 4.78 is 14.6. The molecule has 0 aliphatic heterocycles. The third-order valence-electron chi connectivity index (χ3n) is 2.04. The fourth-order valence-corrected chi connectivity index (χ4v) is 2.79. The molecule has 0 fully saturated rings. The molecule has 4 heteroatoms. The van der Waals surface area contributed by atoms with Crippen LogP contribution in [0.25, 0.3) is 10.1 Å². The van der Waals surface area contributed by atoms with Crippen molar-refractivity contribution in [3.05, 3.63) is 28.9 Å². The van der Waals surface area contributed by atoms with Gasteiger partial charge in [-0.3, -0.25) is 4.79 Å². The lowest BCUT2D eigenvalue weighted by Gasteiger charge is -2.02. The van der Waals surface area contributed by atoms with E-state index in [-0.39, 0.29) is 5.56 Å². The molecule has 0 amide bonds. The van der Waals surface area contributed by atoms with Crippen molar-refractivity contribution >= 4 is 39.5 Å². The molecular weight excluding hydrogens is 219 g/mol. The molecule has 0 bridgehead atoms. The number of thioether (sulfide) groups is 1. The number of fused-ring (bicyclic) bond motifs is 1. The van der Waals surface area contributed by atoms with Gasteiger partial charge in [-0.1, -0.05) is 0 Å². The van der Waals surface area contributed by atoms with Crippen LogP contribution < -0.4 is 0 Å². The fraction of sp³-hybridized carbons (Fsp3) is 0.100. The highest BCUT2D eigenvalue weighted by atomic mass is 32.2. The van der Waals surface area contributed by atoms with Gasteiger partial charge in [-0.15, -0.1) is 23.1 Å². The third-order valence-corrected chi connectivity index (χ3v) is 3.64. The second-order valence-corrected chi connectivity index (χ2v) is 4.55. The van der Waals surface area contributed by atoms with Crippen molar-refractivity contribution in [3.8, 4) is 0 Å². The predicted octanol–water partition coefficient (Wildman–Crippen LogP) is 3.57. The fourth-order valence-electron chi connectivity index (χ4n) is 1.35. The quantitative estimate of drug-likeness (QED) is 0.575. The van der Waals surface area contributed by atoms with Gasteiger partial charge in [0.1, 0.15) is 5.82 Å². The van der Waals surface area contributed by atoms with Gasteiger partial charge in [-0.2, -0.15) is 0 Å². The smallest absolute Gasteiger partial charge is 0.153 e. The summed E-state index contributed by atoms with van der Waals surface area (Å²) in [5, 5.41) is 2.57. The molecule has 1 aromatic carbocycles. The lowest BCUT2D eigenvalue weighted by molar-refractivity contribution is 0.112. The van der Waals surface area contributed by atoms with Crippen molar-refractivity contribution in [1.82, 2.24) is 0 Å². The molecule has 0 radical (unpaired) electrons. The Bertz CT molecular complexity index is 490. The summed E-state index contributed by atoms with van der Waals surface area (Å²) in [6.45, 7) is 0. The molecule has 2 rings (SSSR count). The Labute approximate surface area is 88.9 Å². The number of hydrogen-bond donors (Lipinski definition) is 0. The summed E-state index contributed by atoms with van der Waals surface area (Å²) >= 11 is 2.83. The van der Waals surface area contributed by atoms with Crippen molar-refractivity contribution in [2.75, 3.05) is 6.26 Å². The van der Waals surface area contributed by atoms with Crippen LogP contribution >= 0.6 is 23.1 Å². The Morgan fingerprint density at radius 2 is 2.36 bits per heavy atom. The van der Waals surface area contributed by atoms with E-state index >= 15 is 0 Å². The van der Waals surface area contributed by atoms with Crippen LogP contribution in [0.2, 0.25) is 0 Å². The van der Waals surface area contributed by atoms with Crippen LogP contribution in [0.15, 0.2) is 22.4 Å². The van der Waals surface area contributed by atoms with Crippen molar-refractivity contribution in [1.29, 1.82) is 0 Å². The number of rotatable bonds is 2. The van der Waals surface area contributed by atoms with Crippen molar-refractivity contribution in [2.45, 2.75) is 4.90 Å². The van der Waals surface area contributed by atoms with Crippen LogP contribution in [0, 0.1) is 5.82 Å². The zero-order chi connectivity index (χ0) is 10.1. The van der Waals surface area contributed by atoms with Gasteiger partial charge in [0.15, 0.2) is 6.29 Å². The number of thiophene rings is 1. The average molecular weight is 226 g/mol. The highest BCUT2D eigenvalue weighted by Gasteiger charge is 2.12. The highest BCUT2D eigenvalue weighted by molar-refractivity contribution is 7.98. The minimum absolute atomic E-state index is 0.174. The molecule has 1 heterocycles. The van der Waals surface area contributed by atoms with Gasteiger partial charge < -0.3 is 0 Å². The van der Waals surface area contributed by atoms with E-state index in [2.05, 4.69) is 0 Å². The monoisotopic (exact) mass is 226 g/mol. The molecule has 0 aliphatic rings. The van der Waals surface area contributed by atoms with Crippen LogP contribution in [0.1, 0.15) is 10.4 Å². The SMILES string of the molecule is CSc1cc2sccc2c(C=O)c1F. The number of carbonyl (C=O) groups is 1. The summed E-state index contributed by atoms with van der Waals surface area (Å²) in [5.41, 5.74) is 0.174. The molecule has 0 unspecified atom stereocenters. The van der Waals surface area contributed by atoms with Gasteiger partial charge in [0, 0.05) is 15.0 Å². The first-order valence-electron chi connectivity index (χ1n) is 3.96. The third kappa shape index (κ3) is 1.35. The molecule has 2 aromatic rings. The Hall–Kier alpha value is -0.870.